The molecular weight excluding hydrogens is 258 g/mol. The van der Waals surface area contributed by atoms with Crippen molar-refractivity contribution in [2.24, 2.45) is 0 Å². The van der Waals surface area contributed by atoms with E-state index in [4.69, 9.17) is 0 Å². The summed E-state index contributed by atoms with van der Waals surface area (Å²) in [5.41, 5.74) is 4.04. The molecule has 0 fully saturated rings. The average molecular weight is 273 g/mol. The monoisotopic (exact) mass is 273 g/mol. The minimum atomic E-state index is -0.622. The van der Waals surface area contributed by atoms with Crippen molar-refractivity contribution >= 4 is 16.4 Å². The molecule has 0 saturated heterocycles. The van der Waals surface area contributed by atoms with Crippen LogP contribution in [0.3, 0.4) is 0 Å². The van der Waals surface area contributed by atoms with Crippen LogP contribution in [0.4, 0.5) is 0 Å². The van der Waals surface area contributed by atoms with Crippen LogP contribution in [0.1, 0.15) is 17.2 Å². The average Bonchev–Trinajstić information content (AvgIpc) is 3.03. The van der Waals surface area contributed by atoms with Gasteiger partial charge in [0, 0.05) is 17.3 Å². The molecule has 4 rings (SSSR count). The molecule has 2 nitrogen and oxygen atoms in total. The Morgan fingerprint density at radius 1 is 0.762 bits per heavy atom. The Morgan fingerprint density at radius 3 is 2.48 bits per heavy atom. The van der Waals surface area contributed by atoms with Crippen LogP contribution in [-0.4, -0.2) is 9.51 Å². The van der Waals surface area contributed by atoms with Crippen molar-refractivity contribution in [2.45, 2.75) is 6.10 Å². The van der Waals surface area contributed by atoms with Gasteiger partial charge in [-0.25, -0.2) is 0 Å². The zero-order valence-electron chi connectivity index (χ0n) is 11.5. The van der Waals surface area contributed by atoms with Gasteiger partial charge < -0.3 is 9.51 Å². The van der Waals surface area contributed by atoms with Gasteiger partial charge in [-0.3, -0.25) is 0 Å². The summed E-state index contributed by atoms with van der Waals surface area (Å²) < 4.78 is 2.14. The predicted octanol–water partition coefficient (Wildman–Crippen LogP) is 4.17. The van der Waals surface area contributed by atoms with Gasteiger partial charge in [0.15, 0.2) is 0 Å². The van der Waals surface area contributed by atoms with Gasteiger partial charge in [-0.05, 0) is 29.1 Å². The van der Waals surface area contributed by atoms with Crippen LogP contribution in [0, 0.1) is 0 Å². The first-order valence-corrected chi connectivity index (χ1v) is 7.06. The first-order chi connectivity index (χ1) is 10.3. The third-order valence-electron chi connectivity index (χ3n) is 3.96. The van der Waals surface area contributed by atoms with Crippen molar-refractivity contribution in [1.82, 2.24) is 4.40 Å². The number of benzene rings is 2. The highest BCUT2D eigenvalue weighted by Gasteiger charge is 2.14. The van der Waals surface area contributed by atoms with E-state index in [9.17, 15) is 5.11 Å². The molecule has 0 saturated carbocycles. The summed E-state index contributed by atoms with van der Waals surface area (Å²) in [6.07, 6.45) is 1.42. The Morgan fingerprint density at radius 2 is 1.62 bits per heavy atom. The van der Waals surface area contributed by atoms with E-state index >= 15 is 0 Å². The Labute approximate surface area is 122 Å². The van der Waals surface area contributed by atoms with Crippen molar-refractivity contribution in [3.8, 4) is 0 Å². The lowest BCUT2D eigenvalue weighted by Gasteiger charge is -2.15. The smallest absolute Gasteiger partial charge is 0.106 e. The largest absolute Gasteiger partial charge is 0.384 e. The van der Waals surface area contributed by atoms with Crippen LogP contribution < -0.4 is 0 Å². The Bertz CT molecular complexity index is 909. The molecule has 4 aromatic rings. The second-order valence-electron chi connectivity index (χ2n) is 5.23. The maximum Gasteiger partial charge on any atom is 0.106 e. The van der Waals surface area contributed by atoms with Crippen molar-refractivity contribution < 1.29 is 5.11 Å². The fourth-order valence-corrected chi connectivity index (χ4v) is 2.94. The normalized spacial score (nSPS) is 12.8. The molecule has 1 atom stereocenters. The molecule has 0 radical (unpaired) electrons. The number of para-hydroxylation sites is 1. The molecule has 0 aliphatic heterocycles. The molecule has 0 aliphatic carbocycles. The van der Waals surface area contributed by atoms with E-state index in [2.05, 4.69) is 28.7 Å². The lowest BCUT2D eigenvalue weighted by atomic mass is 9.98. The van der Waals surface area contributed by atoms with Crippen LogP contribution in [0.15, 0.2) is 79.0 Å². The predicted molar refractivity (Wildman–Crippen MR) is 85.4 cm³/mol. The SMILES string of the molecule is OC(c1ccccc1)c1cccc2ccc3cccn3c12. The van der Waals surface area contributed by atoms with Crippen LogP contribution in [0.2, 0.25) is 0 Å². The van der Waals surface area contributed by atoms with Gasteiger partial charge in [0.1, 0.15) is 6.10 Å². The molecule has 1 unspecified atom stereocenters. The Balaban J connectivity index is 2.02. The van der Waals surface area contributed by atoms with E-state index in [-0.39, 0.29) is 0 Å². The zero-order valence-corrected chi connectivity index (χ0v) is 11.5. The molecule has 0 aliphatic rings. The molecule has 2 aromatic heterocycles. The maximum absolute atomic E-state index is 10.8. The molecule has 21 heavy (non-hydrogen) atoms. The number of aromatic nitrogens is 1. The number of rotatable bonds is 2. The minimum absolute atomic E-state index is 0.622. The Kier molecular flexibility index (Phi) is 2.76. The van der Waals surface area contributed by atoms with Gasteiger partial charge in [0.05, 0.1) is 5.52 Å². The second kappa shape index (κ2) is 4.76. The molecule has 0 amide bonds. The molecule has 1 N–H and O–H groups in total. The van der Waals surface area contributed by atoms with E-state index < -0.39 is 6.10 Å². The third kappa shape index (κ3) is 1.92. The first kappa shape index (κ1) is 12.2. The highest BCUT2D eigenvalue weighted by Crippen LogP contribution is 2.29. The van der Waals surface area contributed by atoms with E-state index in [1.807, 2.05) is 54.7 Å². The zero-order chi connectivity index (χ0) is 14.2. The molecular formula is C19H15NO. The van der Waals surface area contributed by atoms with Crippen LogP contribution in [0.25, 0.3) is 16.4 Å². The third-order valence-corrected chi connectivity index (χ3v) is 3.96. The van der Waals surface area contributed by atoms with Crippen LogP contribution >= 0.6 is 0 Å². The van der Waals surface area contributed by atoms with E-state index in [1.54, 1.807) is 0 Å². The molecule has 2 heterocycles. The lowest BCUT2D eigenvalue weighted by Crippen LogP contribution is -2.02. The summed E-state index contributed by atoms with van der Waals surface area (Å²) in [6.45, 7) is 0. The van der Waals surface area contributed by atoms with Gasteiger partial charge in [-0.1, -0.05) is 54.6 Å². The lowest BCUT2D eigenvalue weighted by molar-refractivity contribution is 0.221. The number of hydrogen-bond donors (Lipinski definition) is 1. The fourth-order valence-electron chi connectivity index (χ4n) is 2.94. The second-order valence-corrected chi connectivity index (χ2v) is 5.23. The van der Waals surface area contributed by atoms with E-state index in [0.29, 0.717) is 0 Å². The number of pyridine rings is 1. The maximum atomic E-state index is 10.8. The van der Waals surface area contributed by atoms with Crippen LogP contribution in [-0.2, 0) is 0 Å². The summed E-state index contributed by atoms with van der Waals surface area (Å²) in [5, 5.41) is 11.9. The van der Waals surface area contributed by atoms with Crippen molar-refractivity contribution in [3.05, 3.63) is 90.1 Å². The standard InChI is InChI=1S/C19H15NO/c21-19(15-6-2-1-3-7-15)17-10-4-8-14-11-12-16-9-5-13-20(16)18(14)17/h1-13,19,21H. The summed E-state index contributed by atoms with van der Waals surface area (Å²) in [5.74, 6) is 0. The number of aliphatic hydroxyl groups is 1. The minimum Gasteiger partial charge on any atom is -0.384 e. The molecule has 0 bridgehead atoms. The van der Waals surface area contributed by atoms with Gasteiger partial charge in [0.25, 0.3) is 0 Å². The number of aliphatic hydroxyl groups excluding tert-OH is 1. The van der Waals surface area contributed by atoms with Crippen molar-refractivity contribution in [2.75, 3.05) is 0 Å². The molecule has 0 spiro atoms. The van der Waals surface area contributed by atoms with E-state index in [1.165, 1.54) is 0 Å². The highest BCUT2D eigenvalue weighted by molar-refractivity contribution is 5.86. The van der Waals surface area contributed by atoms with Crippen molar-refractivity contribution in [3.63, 3.8) is 0 Å². The first-order valence-electron chi connectivity index (χ1n) is 7.06. The number of nitrogens with zero attached hydrogens (tertiary/aromatic N) is 1. The molecule has 2 aromatic carbocycles. The van der Waals surface area contributed by atoms with E-state index in [0.717, 1.165) is 27.5 Å². The quantitative estimate of drug-likeness (QED) is 0.582. The molecule has 2 heteroatoms. The summed E-state index contributed by atoms with van der Waals surface area (Å²) >= 11 is 0. The van der Waals surface area contributed by atoms with Gasteiger partial charge in [-0.15, -0.1) is 0 Å². The topological polar surface area (TPSA) is 24.6 Å². The fraction of sp³-hybridized carbons (Fsp3) is 0.0526. The molecule has 102 valence electrons. The van der Waals surface area contributed by atoms with Gasteiger partial charge in [-0.2, -0.15) is 0 Å². The number of hydrogen-bond acceptors (Lipinski definition) is 1. The van der Waals surface area contributed by atoms with Crippen LogP contribution in [0.5, 0.6) is 0 Å². The van der Waals surface area contributed by atoms with Crippen molar-refractivity contribution in [1.29, 1.82) is 0 Å². The van der Waals surface area contributed by atoms with Gasteiger partial charge in [0.2, 0.25) is 0 Å². The summed E-state index contributed by atoms with van der Waals surface area (Å²) in [6, 6.07) is 24.2. The Hall–Kier alpha value is -2.58. The summed E-state index contributed by atoms with van der Waals surface area (Å²) in [7, 11) is 0. The van der Waals surface area contributed by atoms with Gasteiger partial charge >= 0.3 is 0 Å². The summed E-state index contributed by atoms with van der Waals surface area (Å²) in [4.78, 5) is 0. The highest BCUT2D eigenvalue weighted by atomic mass is 16.3. The number of fused-ring (bicyclic) bond motifs is 3.